The van der Waals surface area contributed by atoms with Gasteiger partial charge in [0.2, 0.25) is 17.7 Å². The lowest BCUT2D eigenvalue weighted by molar-refractivity contribution is -0.142. The molecular formula is C29H47N11O5. The van der Waals surface area contributed by atoms with Crippen LogP contribution in [-0.2, 0) is 25.6 Å². The van der Waals surface area contributed by atoms with Gasteiger partial charge in [0.05, 0.1) is 6.04 Å². The van der Waals surface area contributed by atoms with Gasteiger partial charge in [0.15, 0.2) is 11.9 Å². The van der Waals surface area contributed by atoms with E-state index in [2.05, 4.69) is 30.9 Å². The molecule has 16 nitrogen and oxygen atoms in total. The second-order valence-corrected chi connectivity index (χ2v) is 10.9. The number of amides is 3. The van der Waals surface area contributed by atoms with Crippen molar-refractivity contribution < 1.29 is 24.3 Å². The van der Waals surface area contributed by atoms with Crippen LogP contribution < -0.4 is 44.6 Å². The van der Waals surface area contributed by atoms with Crippen molar-refractivity contribution in [2.24, 2.45) is 44.6 Å². The Morgan fingerprint density at radius 3 is 1.96 bits per heavy atom. The second kappa shape index (κ2) is 18.1. The number of nitrogens with zero attached hydrogens (tertiary/aromatic N) is 2. The number of fused-ring (bicyclic) bond motifs is 1. The van der Waals surface area contributed by atoms with E-state index in [0.717, 1.165) is 16.5 Å². The molecule has 0 saturated carbocycles. The van der Waals surface area contributed by atoms with E-state index in [9.17, 15) is 24.3 Å². The molecule has 2 aromatic rings. The summed E-state index contributed by atoms with van der Waals surface area (Å²) < 4.78 is 0. The number of nitrogens with two attached hydrogens (primary N) is 5. The third-order valence-corrected chi connectivity index (χ3v) is 7.43. The highest BCUT2D eigenvalue weighted by Crippen LogP contribution is 2.19. The van der Waals surface area contributed by atoms with Gasteiger partial charge >= 0.3 is 5.97 Å². The van der Waals surface area contributed by atoms with Gasteiger partial charge in [0, 0.05) is 36.6 Å². The van der Waals surface area contributed by atoms with Crippen molar-refractivity contribution in [3.05, 3.63) is 36.0 Å². The number of carbonyl (C=O) groups is 4. The summed E-state index contributed by atoms with van der Waals surface area (Å²) in [7, 11) is 0. The molecule has 248 valence electrons. The summed E-state index contributed by atoms with van der Waals surface area (Å²) in [6.07, 6.45) is 3.22. The van der Waals surface area contributed by atoms with Gasteiger partial charge in [-0.15, -0.1) is 0 Å². The number of nitrogens with one attached hydrogen (secondary N) is 4. The average Bonchev–Trinajstić information content (AvgIpc) is 3.40. The Kier molecular flexibility index (Phi) is 14.6. The van der Waals surface area contributed by atoms with E-state index < -0.39 is 47.9 Å². The predicted octanol–water partition coefficient (Wildman–Crippen LogP) is -1.27. The van der Waals surface area contributed by atoms with Gasteiger partial charge < -0.3 is 54.7 Å². The number of hydrogen-bond donors (Lipinski definition) is 10. The van der Waals surface area contributed by atoms with Crippen molar-refractivity contribution in [3.8, 4) is 0 Å². The highest BCUT2D eigenvalue weighted by Gasteiger charge is 2.31. The predicted molar refractivity (Wildman–Crippen MR) is 173 cm³/mol. The summed E-state index contributed by atoms with van der Waals surface area (Å²) in [4.78, 5) is 63.1. The largest absolute Gasteiger partial charge is 0.480 e. The van der Waals surface area contributed by atoms with Crippen molar-refractivity contribution in [1.29, 1.82) is 0 Å². The molecule has 0 aliphatic heterocycles. The van der Waals surface area contributed by atoms with Crippen LogP contribution in [0.25, 0.3) is 10.9 Å². The van der Waals surface area contributed by atoms with Crippen LogP contribution >= 0.6 is 0 Å². The maximum absolute atomic E-state index is 13.7. The van der Waals surface area contributed by atoms with Crippen molar-refractivity contribution in [2.75, 3.05) is 13.1 Å². The monoisotopic (exact) mass is 629 g/mol. The Morgan fingerprint density at radius 2 is 1.38 bits per heavy atom. The van der Waals surface area contributed by atoms with Crippen molar-refractivity contribution in [1.82, 2.24) is 20.9 Å². The minimum absolute atomic E-state index is 0.0307. The Morgan fingerprint density at radius 1 is 0.844 bits per heavy atom. The average molecular weight is 630 g/mol. The number of H-pyrrole nitrogens is 1. The standard InChI is InChI=1S/C29H47N11O5/c1-3-16(2)23(30)26(43)38-20(10-6-12-35-28(31)32)24(41)40-22(14-17-15-37-19-9-5-4-8-18(17)19)25(42)39-21(27(44)45)11-7-13-36-29(33)34/h4-5,8-9,15-16,20-23,37H,3,6-7,10-14,30H2,1-2H3,(H,38,43)(H,39,42)(H,40,41)(H,44,45)(H4,31,32,35)(H4,33,34,36). The van der Waals surface area contributed by atoms with E-state index in [0.29, 0.717) is 12.8 Å². The van der Waals surface area contributed by atoms with Gasteiger partial charge in [-0.1, -0.05) is 38.5 Å². The van der Waals surface area contributed by atoms with Gasteiger partial charge in [0.1, 0.15) is 18.1 Å². The normalized spacial score (nSPS) is 14.3. The van der Waals surface area contributed by atoms with E-state index in [4.69, 9.17) is 28.7 Å². The molecule has 0 radical (unpaired) electrons. The molecule has 0 bridgehead atoms. The summed E-state index contributed by atoms with van der Waals surface area (Å²) in [5, 5.41) is 18.6. The first-order valence-corrected chi connectivity index (χ1v) is 14.9. The van der Waals surface area contributed by atoms with E-state index in [1.165, 1.54) is 0 Å². The number of guanidine groups is 2. The van der Waals surface area contributed by atoms with E-state index in [1.807, 2.05) is 38.1 Å². The fourth-order valence-corrected chi connectivity index (χ4v) is 4.59. The smallest absolute Gasteiger partial charge is 0.326 e. The molecule has 0 spiro atoms. The number of aromatic nitrogens is 1. The Hall–Kier alpha value is -4.86. The number of aliphatic carboxylic acids is 1. The van der Waals surface area contributed by atoms with Gasteiger partial charge in [-0.25, -0.2) is 4.79 Å². The van der Waals surface area contributed by atoms with Crippen molar-refractivity contribution in [2.45, 2.75) is 76.5 Å². The van der Waals surface area contributed by atoms with Crippen LogP contribution in [0.15, 0.2) is 40.4 Å². The quantitative estimate of drug-likeness (QED) is 0.0499. The number of carbonyl (C=O) groups excluding carboxylic acids is 3. The Balaban J connectivity index is 2.33. The van der Waals surface area contributed by atoms with Crippen LogP contribution in [-0.4, -0.2) is 83.0 Å². The van der Waals surface area contributed by atoms with Crippen LogP contribution in [0.4, 0.5) is 0 Å². The highest BCUT2D eigenvalue weighted by molar-refractivity contribution is 5.95. The molecule has 2 rings (SSSR count). The zero-order valence-corrected chi connectivity index (χ0v) is 25.8. The first-order valence-electron chi connectivity index (χ1n) is 14.9. The lowest BCUT2D eigenvalue weighted by Gasteiger charge is -2.26. The molecule has 0 fully saturated rings. The topological polar surface area (TPSA) is 295 Å². The molecule has 0 aliphatic rings. The molecule has 5 atom stereocenters. The third kappa shape index (κ3) is 12.0. The molecule has 1 aromatic heterocycles. The molecule has 45 heavy (non-hydrogen) atoms. The number of aliphatic imine (C=N–C) groups is 2. The molecule has 3 amide bonds. The molecule has 1 aromatic carbocycles. The first-order chi connectivity index (χ1) is 21.3. The number of aromatic amines is 1. The maximum Gasteiger partial charge on any atom is 0.326 e. The Bertz CT molecular complexity index is 1350. The fourth-order valence-electron chi connectivity index (χ4n) is 4.59. The van der Waals surface area contributed by atoms with Crippen molar-refractivity contribution >= 4 is 46.5 Å². The number of carboxylic acids is 1. The zero-order chi connectivity index (χ0) is 33.5. The van der Waals surface area contributed by atoms with E-state index >= 15 is 0 Å². The van der Waals surface area contributed by atoms with Gasteiger partial charge in [-0.05, 0) is 43.2 Å². The van der Waals surface area contributed by atoms with Crippen LogP contribution in [0.1, 0.15) is 51.5 Å². The minimum Gasteiger partial charge on any atom is -0.480 e. The molecule has 16 heteroatoms. The Labute approximate surface area is 262 Å². The minimum atomic E-state index is -1.27. The van der Waals surface area contributed by atoms with Crippen LogP contribution in [0, 0.1) is 5.92 Å². The number of carboxylic acid groups (broad SMARTS) is 1. The lowest BCUT2D eigenvalue weighted by atomic mass is 9.98. The van der Waals surface area contributed by atoms with E-state index in [-0.39, 0.29) is 56.6 Å². The van der Waals surface area contributed by atoms with Crippen LogP contribution in [0.3, 0.4) is 0 Å². The van der Waals surface area contributed by atoms with Crippen molar-refractivity contribution in [3.63, 3.8) is 0 Å². The summed E-state index contributed by atoms with van der Waals surface area (Å²) in [6.45, 7) is 4.11. The zero-order valence-electron chi connectivity index (χ0n) is 25.8. The molecule has 0 aliphatic carbocycles. The number of hydrogen-bond acceptors (Lipinski definition) is 7. The highest BCUT2D eigenvalue weighted by atomic mass is 16.4. The first kappa shape index (κ1) is 36.3. The maximum atomic E-state index is 13.7. The fraction of sp³-hybridized carbons (Fsp3) is 0.517. The third-order valence-electron chi connectivity index (χ3n) is 7.43. The summed E-state index contributed by atoms with van der Waals surface area (Å²) in [5.74, 6) is -3.52. The lowest BCUT2D eigenvalue weighted by Crippen LogP contribution is -2.58. The van der Waals surface area contributed by atoms with Gasteiger partial charge in [-0.2, -0.15) is 0 Å². The van der Waals surface area contributed by atoms with E-state index in [1.54, 1.807) is 6.20 Å². The van der Waals surface area contributed by atoms with Gasteiger partial charge in [-0.3, -0.25) is 24.4 Å². The molecule has 15 N–H and O–H groups in total. The summed E-state index contributed by atoms with van der Waals surface area (Å²) >= 11 is 0. The number of para-hydroxylation sites is 1. The number of benzene rings is 1. The summed E-state index contributed by atoms with van der Waals surface area (Å²) in [6, 6.07) is 3.03. The summed E-state index contributed by atoms with van der Waals surface area (Å²) in [5.41, 5.74) is 29.1. The molecule has 1 heterocycles. The number of rotatable bonds is 19. The SMILES string of the molecule is CCC(C)C(N)C(=O)NC(CCCN=C(N)N)C(=O)NC(Cc1c[nH]c2ccccc12)C(=O)NC(CCCN=C(N)N)C(=O)O. The molecular weight excluding hydrogens is 582 g/mol. The van der Waals surface area contributed by atoms with Gasteiger partial charge in [0.25, 0.3) is 0 Å². The second-order valence-electron chi connectivity index (χ2n) is 10.9. The molecule has 5 unspecified atom stereocenters. The van der Waals surface area contributed by atoms with Crippen LogP contribution in [0.5, 0.6) is 0 Å². The molecule has 0 saturated heterocycles. The van der Waals surface area contributed by atoms with Crippen LogP contribution in [0.2, 0.25) is 0 Å².